The molecule has 96 valence electrons. The van der Waals surface area contributed by atoms with E-state index in [-0.39, 0.29) is 5.78 Å². The molecule has 0 atom stereocenters. The first-order chi connectivity index (χ1) is 9.25. The number of rotatable bonds is 3. The number of hydrogen-bond donors (Lipinski definition) is 0. The van der Waals surface area contributed by atoms with Crippen LogP contribution in [-0.4, -0.2) is 10.8 Å². The first-order valence-electron chi connectivity index (χ1n) is 6.82. The highest BCUT2D eigenvalue weighted by atomic mass is 16.1. The van der Waals surface area contributed by atoms with Crippen molar-refractivity contribution >= 4 is 5.78 Å². The fourth-order valence-electron chi connectivity index (χ4n) is 2.58. The molecule has 1 aromatic heterocycles. The van der Waals surface area contributed by atoms with Gasteiger partial charge in [-0.3, -0.25) is 9.78 Å². The van der Waals surface area contributed by atoms with Gasteiger partial charge in [0, 0.05) is 11.8 Å². The molecule has 1 saturated carbocycles. The Morgan fingerprint density at radius 1 is 1.21 bits per heavy atom. The van der Waals surface area contributed by atoms with Crippen LogP contribution < -0.4 is 0 Å². The lowest BCUT2D eigenvalue weighted by atomic mass is 9.77. The summed E-state index contributed by atoms with van der Waals surface area (Å²) in [7, 11) is 0. The van der Waals surface area contributed by atoms with Crippen molar-refractivity contribution in [2.45, 2.75) is 32.1 Å². The number of ketones is 1. The zero-order chi connectivity index (χ0) is 13.2. The van der Waals surface area contributed by atoms with Gasteiger partial charge in [0.25, 0.3) is 0 Å². The Kier molecular flexibility index (Phi) is 3.16. The third-order valence-corrected chi connectivity index (χ3v) is 3.90. The number of benzene rings is 1. The molecule has 1 aliphatic carbocycles. The average Bonchev–Trinajstić information content (AvgIpc) is 2.37. The van der Waals surface area contributed by atoms with Gasteiger partial charge in [-0.1, -0.05) is 30.7 Å². The summed E-state index contributed by atoms with van der Waals surface area (Å²) in [6.45, 7) is 1.98. The number of carbonyl (C=O) groups is 1. The lowest BCUT2D eigenvalue weighted by Crippen LogP contribution is -2.15. The van der Waals surface area contributed by atoms with Crippen LogP contribution in [-0.2, 0) is 0 Å². The number of hydrogen-bond acceptors (Lipinski definition) is 2. The second-order valence-corrected chi connectivity index (χ2v) is 5.26. The molecule has 0 radical (unpaired) electrons. The monoisotopic (exact) mass is 251 g/mol. The Morgan fingerprint density at radius 2 is 2.00 bits per heavy atom. The lowest BCUT2D eigenvalue weighted by Gasteiger charge is -2.27. The Labute approximate surface area is 113 Å². The van der Waals surface area contributed by atoms with E-state index in [4.69, 9.17) is 0 Å². The van der Waals surface area contributed by atoms with E-state index >= 15 is 0 Å². The average molecular weight is 251 g/mol. The van der Waals surface area contributed by atoms with E-state index in [9.17, 15) is 4.79 Å². The van der Waals surface area contributed by atoms with Gasteiger partial charge in [0.15, 0.2) is 0 Å². The first kappa shape index (κ1) is 12.1. The third kappa shape index (κ3) is 2.30. The van der Waals surface area contributed by atoms with Crippen molar-refractivity contribution in [3.63, 3.8) is 0 Å². The molecule has 0 bridgehead atoms. The van der Waals surface area contributed by atoms with Gasteiger partial charge < -0.3 is 0 Å². The highest BCUT2D eigenvalue weighted by molar-refractivity contribution is 6.08. The summed E-state index contributed by atoms with van der Waals surface area (Å²) in [5.74, 6) is 0.608. The first-order valence-corrected chi connectivity index (χ1v) is 6.82. The van der Waals surface area contributed by atoms with Crippen LogP contribution in [0.5, 0.6) is 0 Å². The van der Waals surface area contributed by atoms with Gasteiger partial charge in [-0.05, 0) is 48.9 Å². The van der Waals surface area contributed by atoms with E-state index in [0.29, 0.717) is 11.6 Å². The smallest absolute Gasteiger partial charge is 0.211 e. The van der Waals surface area contributed by atoms with E-state index in [1.165, 1.54) is 24.8 Å². The zero-order valence-electron chi connectivity index (χ0n) is 11.1. The standard InChI is InChI=1S/C17H17NO/c1-12-9-10-18-16(11-12)17(19)15-8-3-2-7-14(15)13-5-4-6-13/h2-3,7-11,13H,4-6H2,1H3. The molecule has 3 rings (SSSR count). The number of aryl methyl sites for hydroxylation is 1. The highest BCUT2D eigenvalue weighted by Gasteiger charge is 2.24. The molecule has 0 unspecified atom stereocenters. The van der Waals surface area contributed by atoms with Crippen molar-refractivity contribution in [3.05, 3.63) is 65.0 Å². The lowest BCUT2D eigenvalue weighted by molar-refractivity contribution is 0.103. The Morgan fingerprint density at radius 3 is 2.68 bits per heavy atom. The van der Waals surface area contributed by atoms with Crippen LogP contribution >= 0.6 is 0 Å². The molecule has 0 amide bonds. The van der Waals surface area contributed by atoms with Gasteiger partial charge in [0.2, 0.25) is 5.78 Å². The molecule has 1 aliphatic rings. The predicted octanol–water partition coefficient (Wildman–Crippen LogP) is 3.89. The summed E-state index contributed by atoms with van der Waals surface area (Å²) >= 11 is 0. The molecule has 1 heterocycles. The molecule has 0 N–H and O–H groups in total. The molecule has 1 aromatic carbocycles. The topological polar surface area (TPSA) is 30.0 Å². The molecule has 2 aromatic rings. The van der Waals surface area contributed by atoms with Crippen LogP contribution in [0.1, 0.15) is 52.4 Å². The summed E-state index contributed by atoms with van der Waals surface area (Å²) in [5, 5.41) is 0. The van der Waals surface area contributed by atoms with E-state index in [2.05, 4.69) is 11.1 Å². The normalized spacial score (nSPS) is 15.0. The summed E-state index contributed by atoms with van der Waals surface area (Å²) in [5.41, 5.74) is 3.64. The van der Waals surface area contributed by atoms with Gasteiger partial charge in [-0.2, -0.15) is 0 Å². The van der Waals surface area contributed by atoms with Crippen LogP contribution in [0.25, 0.3) is 0 Å². The molecule has 2 heteroatoms. The van der Waals surface area contributed by atoms with Gasteiger partial charge in [0.05, 0.1) is 0 Å². The molecular formula is C17H17NO. The fourth-order valence-corrected chi connectivity index (χ4v) is 2.58. The van der Waals surface area contributed by atoms with Crippen LogP contribution in [0.15, 0.2) is 42.6 Å². The summed E-state index contributed by atoms with van der Waals surface area (Å²) in [6, 6.07) is 11.8. The van der Waals surface area contributed by atoms with Gasteiger partial charge in [0.1, 0.15) is 5.69 Å². The number of carbonyl (C=O) groups excluding carboxylic acids is 1. The van der Waals surface area contributed by atoms with Gasteiger partial charge in [-0.25, -0.2) is 0 Å². The Balaban J connectivity index is 1.99. The van der Waals surface area contributed by atoms with E-state index in [1.807, 2.05) is 37.3 Å². The van der Waals surface area contributed by atoms with Crippen LogP contribution in [0, 0.1) is 6.92 Å². The van der Waals surface area contributed by atoms with Crippen molar-refractivity contribution in [1.82, 2.24) is 4.98 Å². The van der Waals surface area contributed by atoms with Gasteiger partial charge >= 0.3 is 0 Å². The van der Waals surface area contributed by atoms with E-state index in [1.54, 1.807) is 6.20 Å². The minimum absolute atomic E-state index is 0.0474. The number of pyridine rings is 1. The Hall–Kier alpha value is -1.96. The van der Waals surface area contributed by atoms with Crippen molar-refractivity contribution in [2.75, 3.05) is 0 Å². The molecule has 0 aliphatic heterocycles. The maximum atomic E-state index is 12.6. The SMILES string of the molecule is Cc1ccnc(C(=O)c2ccccc2C2CCC2)c1. The van der Waals surface area contributed by atoms with Crippen LogP contribution in [0.2, 0.25) is 0 Å². The molecule has 0 saturated heterocycles. The minimum atomic E-state index is 0.0474. The molecule has 1 fully saturated rings. The fraction of sp³-hybridized carbons (Fsp3) is 0.294. The van der Waals surface area contributed by atoms with Crippen molar-refractivity contribution in [2.24, 2.45) is 0 Å². The summed E-state index contributed by atoms with van der Waals surface area (Å²) < 4.78 is 0. The number of aromatic nitrogens is 1. The van der Waals surface area contributed by atoms with Crippen LogP contribution in [0.3, 0.4) is 0 Å². The van der Waals surface area contributed by atoms with Crippen molar-refractivity contribution < 1.29 is 4.79 Å². The zero-order valence-corrected chi connectivity index (χ0v) is 11.1. The van der Waals surface area contributed by atoms with Crippen molar-refractivity contribution in [1.29, 1.82) is 0 Å². The molecule has 0 spiro atoms. The molecule has 19 heavy (non-hydrogen) atoms. The van der Waals surface area contributed by atoms with E-state index in [0.717, 1.165) is 11.1 Å². The molecular weight excluding hydrogens is 234 g/mol. The minimum Gasteiger partial charge on any atom is -0.287 e. The number of nitrogens with zero attached hydrogens (tertiary/aromatic N) is 1. The van der Waals surface area contributed by atoms with Gasteiger partial charge in [-0.15, -0.1) is 0 Å². The summed E-state index contributed by atoms with van der Waals surface area (Å²) in [4.78, 5) is 16.8. The molecule has 2 nitrogen and oxygen atoms in total. The second kappa shape index (κ2) is 4.96. The highest BCUT2D eigenvalue weighted by Crippen LogP contribution is 2.38. The van der Waals surface area contributed by atoms with Crippen molar-refractivity contribution in [3.8, 4) is 0 Å². The third-order valence-electron chi connectivity index (χ3n) is 3.90. The second-order valence-electron chi connectivity index (χ2n) is 5.26. The van der Waals surface area contributed by atoms with E-state index < -0.39 is 0 Å². The Bertz CT molecular complexity index is 614. The predicted molar refractivity (Wildman–Crippen MR) is 75.4 cm³/mol. The summed E-state index contributed by atoms with van der Waals surface area (Å²) in [6.07, 6.45) is 5.38. The quantitative estimate of drug-likeness (QED) is 0.775. The largest absolute Gasteiger partial charge is 0.287 e. The maximum absolute atomic E-state index is 12.6. The maximum Gasteiger partial charge on any atom is 0.211 e. The van der Waals surface area contributed by atoms with Crippen LogP contribution in [0.4, 0.5) is 0 Å².